The van der Waals surface area contributed by atoms with Crippen LogP contribution < -0.4 is 4.90 Å². The summed E-state index contributed by atoms with van der Waals surface area (Å²) in [7, 11) is 0. The van der Waals surface area contributed by atoms with Crippen molar-refractivity contribution in [3.63, 3.8) is 0 Å². The average Bonchev–Trinajstić information content (AvgIpc) is 3.14. The van der Waals surface area contributed by atoms with Crippen LogP contribution in [0, 0.1) is 5.92 Å². The Morgan fingerprint density at radius 1 is 1.00 bits per heavy atom. The fourth-order valence-electron chi connectivity index (χ4n) is 4.05. The summed E-state index contributed by atoms with van der Waals surface area (Å²) < 4.78 is 5.53. The average molecular weight is 357 g/mol. The number of piperazine rings is 1. The Labute approximate surface area is 154 Å². The summed E-state index contributed by atoms with van der Waals surface area (Å²) in [5, 5.41) is 0. The van der Waals surface area contributed by atoms with Gasteiger partial charge in [-0.3, -0.25) is 9.59 Å². The molecule has 1 aromatic carbocycles. The summed E-state index contributed by atoms with van der Waals surface area (Å²) in [5.41, 5.74) is 1.22. The lowest BCUT2D eigenvalue weighted by molar-refractivity contribution is -0.149. The number of rotatable bonds is 4. The summed E-state index contributed by atoms with van der Waals surface area (Å²) in [6.45, 7) is 5.16. The van der Waals surface area contributed by atoms with Crippen molar-refractivity contribution in [2.75, 3.05) is 50.8 Å². The van der Waals surface area contributed by atoms with Crippen LogP contribution in [0.4, 0.5) is 5.69 Å². The first-order chi connectivity index (χ1) is 12.7. The molecule has 26 heavy (non-hydrogen) atoms. The van der Waals surface area contributed by atoms with E-state index in [9.17, 15) is 9.59 Å². The number of anilines is 1. The molecule has 3 fully saturated rings. The van der Waals surface area contributed by atoms with Crippen molar-refractivity contribution in [1.29, 1.82) is 0 Å². The molecule has 0 N–H and O–H groups in total. The first kappa shape index (κ1) is 17.3. The van der Waals surface area contributed by atoms with E-state index in [-0.39, 0.29) is 23.8 Å². The first-order valence-electron chi connectivity index (χ1n) is 9.69. The summed E-state index contributed by atoms with van der Waals surface area (Å²) in [4.78, 5) is 31.0. The predicted molar refractivity (Wildman–Crippen MR) is 98.9 cm³/mol. The Balaban J connectivity index is 1.21. The second-order valence-electron chi connectivity index (χ2n) is 7.48. The van der Waals surface area contributed by atoms with E-state index in [2.05, 4.69) is 17.0 Å². The highest BCUT2D eigenvalue weighted by Gasteiger charge is 2.39. The van der Waals surface area contributed by atoms with E-state index in [0.29, 0.717) is 19.5 Å². The van der Waals surface area contributed by atoms with Crippen LogP contribution >= 0.6 is 0 Å². The largest absolute Gasteiger partial charge is 0.378 e. The molecule has 3 heterocycles. The van der Waals surface area contributed by atoms with Crippen LogP contribution in [0.1, 0.15) is 19.3 Å². The molecule has 2 amide bonds. The van der Waals surface area contributed by atoms with Gasteiger partial charge in [0.2, 0.25) is 11.8 Å². The van der Waals surface area contributed by atoms with Gasteiger partial charge < -0.3 is 19.4 Å². The number of benzene rings is 1. The van der Waals surface area contributed by atoms with Crippen molar-refractivity contribution in [3.8, 4) is 0 Å². The molecule has 0 aliphatic carbocycles. The number of nitrogens with zero attached hydrogens (tertiary/aromatic N) is 3. The van der Waals surface area contributed by atoms with E-state index in [1.165, 1.54) is 5.69 Å². The fraction of sp³-hybridized carbons (Fsp3) is 0.600. The van der Waals surface area contributed by atoms with E-state index in [1.807, 2.05) is 28.0 Å². The molecule has 3 aliphatic heterocycles. The number of likely N-dealkylation sites (tertiary alicyclic amines) is 1. The highest BCUT2D eigenvalue weighted by Crippen LogP contribution is 2.24. The monoisotopic (exact) mass is 357 g/mol. The number of carbonyl (C=O) groups excluding carboxylic acids is 2. The molecule has 0 spiro atoms. The molecule has 0 saturated carbocycles. The van der Waals surface area contributed by atoms with E-state index < -0.39 is 0 Å². The third kappa shape index (κ3) is 3.70. The molecule has 0 aromatic heterocycles. The van der Waals surface area contributed by atoms with Crippen LogP contribution in [-0.4, -0.2) is 73.6 Å². The van der Waals surface area contributed by atoms with Crippen LogP contribution in [0.25, 0.3) is 0 Å². The number of para-hydroxylation sites is 1. The summed E-state index contributed by atoms with van der Waals surface area (Å²) in [6, 6.07) is 10.3. The van der Waals surface area contributed by atoms with Crippen molar-refractivity contribution in [1.82, 2.24) is 9.80 Å². The van der Waals surface area contributed by atoms with Gasteiger partial charge in [0.05, 0.1) is 18.4 Å². The van der Waals surface area contributed by atoms with Crippen LogP contribution in [0.2, 0.25) is 0 Å². The smallest absolute Gasteiger partial charge is 0.229 e. The lowest BCUT2D eigenvalue weighted by atomic mass is 9.97. The number of hydrogen-bond acceptors (Lipinski definition) is 4. The summed E-state index contributed by atoms with van der Waals surface area (Å²) in [5.74, 6) is 0.320. The molecule has 4 rings (SSSR count). The van der Waals surface area contributed by atoms with Crippen LogP contribution in [0.5, 0.6) is 0 Å². The Morgan fingerprint density at radius 3 is 2.38 bits per heavy atom. The molecule has 1 aromatic rings. The standard InChI is InChI=1S/C20H27N3O3/c24-19(13-18-7-4-12-26-18)23-14-16(15-23)20(25)22-10-8-21(9-11-22)17-5-2-1-3-6-17/h1-3,5-6,16,18H,4,7-15H2. The van der Waals surface area contributed by atoms with Gasteiger partial charge in [0.1, 0.15) is 0 Å². The molecule has 1 atom stereocenters. The highest BCUT2D eigenvalue weighted by atomic mass is 16.5. The minimum absolute atomic E-state index is 0.0216. The Bertz CT molecular complexity index is 631. The molecule has 0 bridgehead atoms. The molecule has 3 saturated heterocycles. The fourth-order valence-corrected chi connectivity index (χ4v) is 4.05. The summed E-state index contributed by atoms with van der Waals surface area (Å²) in [6.07, 6.45) is 2.58. The minimum atomic E-state index is -0.0216. The Morgan fingerprint density at radius 2 is 1.73 bits per heavy atom. The van der Waals surface area contributed by atoms with E-state index in [1.54, 1.807) is 0 Å². The van der Waals surface area contributed by atoms with Gasteiger partial charge in [0.25, 0.3) is 0 Å². The molecular formula is C20H27N3O3. The van der Waals surface area contributed by atoms with Crippen molar-refractivity contribution in [2.24, 2.45) is 5.92 Å². The quantitative estimate of drug-likeness (QED) is 0.817. The minimum Gasteiger partial charge on any atom is -0.378 e. The van der Waals surface area contributed by atoms with Crippen molar-refractivity contribution in [2.45, 2.75) is 25.4 Å². The third-order valence-corrected chi connectivity index (χ3v) is 5.72. The molecular weight excluding hydrogens is 330 g/mol. The number of hydrogen-bond donors (Lipinski definition) is 0. The third-order valence-electron chi connectivity index (χ3n) is 5.72. The zero-order valence-corrected chi connectivity index (χ0v) is 15.2. The SMILES string of the molecule is O=C(CC1CCCO1)N1CC(C(=O)N2CCN(c3ccccc3)CC2)C1. The highest BCUT2D eigenvalue weighted by molar-refractivity contribution is 5.85. The lowest BCUT2D eigenvalue weighted by Crippen LogP contribution is -2.59. The molecule has 1 unspecified atom stereocenters. The van der Waals surface area contributed by atoms with Crippen LogP contribution in [0.15, 0.2) is 30.3 Å². The number of carbonyl (C=O) groups is 2. The first-order valence-corrected chi connectivity index (χ1v) is 9.69. The molecule has 0 radical (unpaired) electrons. The van der Waals surface area contributed by atoms with Crippen molar-refractivity contribution >= 4 is 17.5 Å². The molecule has 3 aliphatic rings. The maximum Gasteiger partial charge on any atom is 0.229 e. The van der Waals surface area contributed by atoms with E-state index in [4.69, 9.17) is 4.74 Å². The van der Waals surface area contributed by atoms with Gasteiger partial charge in [0.15, 0.2) is 0 Å². The Hall–Kier alpha value is -2.08. The van der Waals surface area contributed by atoms with E-state index in [0.717, 1.165) is 45.6 Å². The predicted octanol–water partition coefficient (Wildman–Crippen LogP) is 1.36. The topological polar surface area (TPSA) is 53.1 Å². The Kier molecular flexibility index (Phi) is 5.11. The summed E-state index contributed by atoms with van der Waals surface area (Å²) >= 11 is 0. The van der Waals surface area contributed by atoms with Gasteiger partial charge in [-0.2, -0.15) is 0 Å². The van der Waals surface area contributed by atoms with Gasteiger partial charge in [-0.25, -0.2) is 0 Å². The van der Waals surface area contributed by atoms with Crippen molar-refractivity contribution in [3.05, 3.63) is 30.3 Å². The van der Waals surface area contributed by atoms with Gasteiger partial charge in [-0.15, -0.1) is 0 Å². The molecule has 6 heteroatoms. The second kappa shape index (κ2) is 7.66. The van der Waals surface area contributed by atoms with Crippen LogP contribution in [-0.2, 0) is 14.3 Å². The zero-order chi connectivity index (χ0) is 17.9. The van der Waals surface area contributed by atoms with Gasteiger partial charge >= 0.3 is 0 Å². The van der Waals surface area contributed by atoms with Crippen molar-refractivity contribution < 1.29 is 14.3 Å². The maximum atomic E-state index is 12.7. The van der Waals surface area contributed by atoms with Gasteiger partial charge in [-0.05, 0) is 25.0 Å². The van der Waals surface area contributed by atoms with Crippen LogP contribution in [0.3, 0.4) is 0 Å². The van der Waals surface area contributed by atoms with E-state index >= 15 is 0 Å². The normalized spacial score (nSPS) is 23.8. The zero-order valence-electron chi connectivity index (χ0n) is 15.2. The number of amides is 2. The lowest BCUT2D eigenvalue weighted by Gasteiger charge is -2.43. The molecule has 140 valence electrons. The maximum absolute atomic E-state index is 12.7. The second-order valence-corrected chi connectivity index (χ2v) is 7.48. The van der Waals surface area contributed by atoms with Gasteiger partial charge in [0, 0.05) is 51.6 Å². The van der Waals surface area contributed by atoms with Gasteiger partial charge in [-0.1, -0.05) is 18.2 Å². The number of ether oxygens (including phenoxy) is 1. The molecule has 6 nitrogen and oxygen atoms in total.